The molecule has 19 heavy (non-hydrogen) atoms. The highest BCUT2D eigenvalue weighted by atomic mass is 15.1. The normalized spacial score (nSPS) is 13.8. The second kappa shape index (κ2) is 9.34. The van der Waals surface area contributed by atoms with Crippen molar-refractivity contribution in [3.05, 3.63) is 0 Å². The minimum absolute atomic E-state index is 0.209. The summed E-state index contributed by atoms with van der Waals surface area (Å²) in [6.45, 7) is 11.1. The van der Waals surface area contributed by atoms with E-state index in [-0.39, 0.29) is 5.41 Å². The summed E-state index contributed by atoms with van der Waals surface area (Å²) in [5.74, 6) is 0.754. The minimum Gasteiger partial charge on any atom is -0.315 e. The third kappa shape index (κ3) is 7.54. The predicted octanol–water partition coefficient (Wildman–Crippen LogP) is 3.27. The van der Waals surface area contributed by atoms with Crippen LogP contribution >= 0.6 is 0 Å². The summed E-state index contributed by atoms with van der Waals surface area (Å²) >= 11 is 0. The fourth-order valence-corrected chi connectivity index (χ4v) is 2.64. The van der Waals surface area contributed by atoms with Gasteiger partial charge in [0.25, 0.3) is 0 Å². The smallest absolute Gasteiger partial charge is 0.0621 e. The fourth-order valence-electron chi connectivity index (χ4n) is 2.64. The first-order valence-electron chi connectivity index (χ1n) is 7.62. The van der Waals surface area contributed by atoms with E-state index in [0.29, 0.717) is 12.5 Å². The van der Waals surface area contributed by atoms with E-state index in [1.807, 2.05) is 0 Å². The summed E-state index contributed by atoms with van der Waals surface area (Å²) in [6, 6.07) is 2.84. The van der Waals surface area contributed by atoms with Crippen molar-refractivity contribution in [3.8, 4) is 6.07 Å². The molecule has 0 aromatic rings. The van der Waals surface area contributed by atoms with E-state index in [2.05, 4.69) is 58.1 Å². The molecule has 1 unspecified atom stereocenters. The Hall–Kier alpha value is -0.590. The zero-order chi connectivity index (χ0) is 14.9. The molecule has 0 saturated carbocycles. The quantitative estimate of drug-likeness (QED) is 0.660. The maximum Gasteiger partial charge on any atom is 0.0621 e. The van der Waals surface area contributed by atoms with Gasteiger partial charge in [0.2, 0.25) is 0 Å². The van der Waals surface area contributed by atoms with Crippen molar-refractivity contribution in [1.29, 1.82) is 5.26 Å². The maximum atomic E-state index is 8.68. The molecule has 1 N–H and O–H groups in total. The number of nitrogens with one attached hydrogen (secondary N) is 1. The lowest BCUT2D eigenvalue weighted by Crippen LogP contribution is -2.45. The summed E-state index contributed by atoms with van der Waals surface area (Å²) in [6.07, 6.45) is 4.09. The number of likely N-dealkylation sites (N-methyl/N-ethyl adjacent to an activating group) is 1. The first kappa shape index (κ1) is 18.4. The zero-order valence-electron chi connectivity index (χ0n) is 13.8. The number of nitriles is 1. The molecular formula is C16H33N3. The van der Waals surface area contributed by atoms with Crippen molar-refractivity contribution < 1.29 is 0 Å². The van der Waals surface area contributed by atoms with E-state index in [4.69, 9.17) is 5.26 Å². The second-order valence-corrected chi connectivity index (χ2v) is 6.56. The Balaban J connectivity index is 4.23. The summed E-state index contributed by atoms with van der Waals surface area (Å²) < 4.78 is 0. The highest BCUT2D eigenvalue weighted by Gasteiger charge is 2.22. The predicted molar refractivity (Wildman–Crippen MR) is 83.0 cm³/mol. The molecule has 0 rings (SSSR count). The lowest BCUT2D eigenvalue weighted by atomic mass is 9.87. The first-order valence-corrected chi connectivity index (χ1v) is 7.62. The van der Waals surface area contributed by atoms with E-state index >= 15 is 0 Å². The van der Waals surface area contributed by atoms with Crippen LogP contribution < -0.4 is 5.32 Å². The van der Waals surface area contributed by atoms with Crippen LogP contribution in [0.5, 0.6) is 0 Å². The summed E-state index contributed by atoms with van der Waals surface area (Å²) in [4.78, 5) is 2.34. The van der Waals surface area contributed by atoms with Crippen LogP contribution in [0.1, 0.15) is 53.4 Å². The molecule has 112 valence electrons. The van der Waals surface area contributed by atoms with Gasteiger partial charge in [-0.05, 0) is 31.8 Å². The van der Waals surface area contributed by atoms with Crippen molar-refractivity contribution in [2.45, 2.75) is 59.4 Å². The Kier molecular flexibility index (Phi) is 9.05. The topological polar surface area (TPSA) is 39.1 Å². The van der Waals surface area contributed by atoms with Crippen LogP contribution in [0.15, 0.2) is 0 Å². The number of rotatable bonds is 10. The summed E-state index contributed by atoms with van der Waals surface area (Å²) in [7, 11) is 4.34. The van der Waals surface area contributed by atoms with Crippen LogP contribution in [-0.4, -0.2) is 38.1 Å². The van der Waals surface area contributed by atoms with Gasteiger partial charge >= 0.3 is 0 Å². The number of hydrogen-bond donors (Lipinski definition) is 1. The average Bonchev–Trinajstić information content (AvgIpc) is 2.35. The molecule has 0 heterocycles. The van der Waals surface area contributed by atoms with Crippen molar-refractivity contribution in [2.75, 3.05) is 27.2 Å². The summed E-state index contributed by atoms with van der Waals surface area (Å²) in [5.41, 5.74) is 0.209. The van der Waals surface area contributed by atoms with Gasteiger partial charge in [0.05, 0.1) is 6.07 Å². The largest absolute Gasteiger partial charge is 0.315 e. The van der Waals surface area contributed by atoms with Crippen LogP contribution in [0.4, 0.5) is 0 Å². The van der Waals surface area contributed by atoms with Gasteiger partial charge in [0.15, 0.2) is 0 Å². The molecular weight excluding hydrogens is 234 g/mol. The monoisotopic (exact) mass is 267 g/mol. The van der Waals surface area contributed by atoms with E-state index < -0.39 is 0 Å². The van der Waals surface area contributed by atoms with Crippen LogP contribution in [-0.2, 0) is 0 Å². The lowest BCUT2D eigenvalue weighted by Gasteiger charge is -2.33. The SMILES string of the molecule is CCC(CC)C(CNCC(C)(C)CCC#N)N(C)C. The third-order valence-electron chi connectivity index (χ3n) is 4.13. The molecule has 0 aliphatic carbocycles. The molecule has 0 amide bonds. The molecule has 0 radical (unpaired) electrons. The fraction of sp³-hybridized carbons (Fsp3) is 0.938. The molecule has 0 spiro atoms. The Morgan fingerprint density at radius 3 is 2.21 bits per heavy atom. The van der Waals surface area contributed by atoms with E-state index in [0.717, 1.165) is 25.4 Å². The molecule has 0 aliphatic rings. The van der Waals surface area contributed by atoms with E-state index in [1.165, 1.54) is 12.8 Å². The Bertz CT molecular complexity index is 262. The van der Waals surface area contributed by atoms with E-state index in [9.17, 15) is 0 Å². The van der Waals surface area contributed by atoms with Crippen LogP contribution in [0, 0.1) is 22.7 Å². The number of nitrogens with zero attached hydrogens (tertiary/aromatic N) is 2. The van der Waals surface area contributed by atoms with Crippen molar-refractivity contribution in [2.24, 2.45) is 11.3 Å². The maximum absolute atomic E-state index is 8.68. The molecule has 0 aromatic heterocycles. The Morgan fingerprint density at radius 2 is 1.79 bits per heavy atom. The average molecular weight is 267 g/mol. The number of hydrogen-bond acceptors (Lipinski definition) is 3. The first-order chi connectivity index (χ1) is 8.87. The van der Waals surface area contributed by atoms with Crippen LogP contribution in [0.2, 0.25) is 0 Å². The molecule has 0 bridgehead atoms. The van der Waals surface area contributed by atoms with Gasteiger partial charge in [0.1, 0.15) is 0 Å². The Labute approximate surface area is 120 Å². The molecule has 3 nitrogen and oxygen atoms in total. The van der Waals surface area contributed by atoms with Gasteiger partial charge in [-0.15, -0.1) is 0 Å². The van der Waals surface area contributed by atoms with Gasteiger partial charge in [-0.25, -0.2) is 0 Å². The van der Waals surface area contributed by atoms with Crippen molar-refractivity contribution >= 4 is 0 Å². The molecule has 1 atom stereocenters. The minimum atomic E-state index is 0.209. The van der Waals surface area contributed by atoms with Gasteiger partial charge < -0.3 is 10.2 Å². The second-order valence-electron chi connectivity index (χ2n) is 6.56. The van der Waals surface area contributed by atoms with Crippen LogP contribution in [0.25, 0.3) is 0 Å². The van der Waals surface area contributed by atoms with Gasteiger partial charge in [-0.3, -0.25) is 0 Å². The summed E-state index contributed by atoms with van der Waals surface area (Å²) in [5, 5.41) is 12.3. The van der Waals surface area contributed by atoms with Gasteiger partial charge in [-0.2, -0.15) is 5.26 Å². The van der Waals surface area contributed by atoms with Crippen molar-refractivity contribution in [3.63, 3.8) is 0 Å². The molecule has 0 saturated heterocycles. The molecule has 0 aliphatic heterocycles. The highest BCUT2D eigenvalue weighted by Crippen LogP contribution is 2.21. The zero-order valence-corrected chi connectivity index (χ0v) is 13.8. The molecule has 0 fully saturated rings. The highest BCUT2D eigenvalue weighted by molar-refractivity contribution is 4.81. The Morgan fingerprint density at radius 1 is 1.21 bits per heavy atom. The third-order valence-corrected chi connectivity index (χ3v) is 4.13. The van der Waals surface area contributed by atoms with Gasteiger partial charge in [0, 0.05) is 25.6 Å². The van der Waals surface area contributed by atoms with Crippen LogP contribution in [0.3, 0.4) is 0 Å². The van der Waals surface area contributed by atoms with Crippen molar-refractivity contribution in [1.82, 2.24) is 10.2 Å². The molecule has 3 heteroatoms. The standard InChI is InChI=1S/C16H33N3/c1-7-14(8-2)15(19(5)6)12-18-13-16(3,4)10-9-11-17/h14-15,18H,7-10,12-13H2,1-6H3. The molecule has 0 aromatic carbocycles. The van der Waals surface area contributed by atoms with E-state index in [1.54, 1.807) is 0 Å². The lowest BCUT2D eigenvalue weighted by molar-refractivity contribution is 0.186. The van der Waals surface area contributed by atoms with Gasteiger partial charge in [-0.1, -0.05) is 40.5 Å².